The number of thiazole rings is 1. The zero-order valence-corrected chi connectivity index (χ0v) is 15.1. The minimum absolute atomic E-state index is 0.0375. The van der Waals surface area contributed by atoms with E-state index in [1.165, 1.54) is 0 Å². The van der Waals surface area contributed by atoms with Crippen LogP contribution in [-0.4, -0.2) is 17.1 Å². The summed E-state index contributed by atoms with van der Waals surface area (Å²) in [4.78, 5) is 17.2. The minimum Gasteiger partial charge on any atom is -0.461 e. The zero-order chi connectivity index (χ0) is 16.6. The Morgan fingerprint density at radius 3 is 2.52 bits per heavy atom. The van der Waals surface area contributed by atoms with Crippen molar-refractivity contribution < 1.29 is 9.53 Å². The molecule has 0 amide bonds. The van der Waals surface area contributed by atoms with Gasteiger partial charge < -0.3 is 4.74 Å². The summed E-state index contributed by atoms with van der Waals surface area (Å²) >= 11 is 1.59. The van der Waals surface area contributed by atoms with Crippen LogP contribution in [0.4, 0.5) is 0 Å². The highest BCUT2D eigenvalue weighted by atomic mass is 32.1. The van der Waals surface area contributed by atoms with Crippen LogP contribution in [0.5, 0.6) is 0 Å². The molecule has 1 heterocycles. The van der Waals surface area contributed by atoms with E-state index < -0.39 is 0 Å². The van der Waals surface area contributed by atoms with Crippen molar-refractivity contribution in [3.8, 4) is 0 Å². The molecule has 0 spiro atoms. The van der Waals surface area contributed by atoms with Crippen LogP contribution in [0.3, 0.4) is 0 Å². The van der Waals surface area contributed by atoms with Crippen LogP contribution in [0, 0.1) is 17.8 Å². The van der Waals surface area contributed by atoms with E-state index in [1.807, 2.05) is 31.2 Å². The van der Waals surface area contributed by atoms with Crippen molar-refractivity contribution in [2.75, 3.05) is 0 Å². The topological polar surface area (TPSA) is 39.2 Å². The Hall–Kier alpha value is -1.42. The lowest BCUT2D eigenvalue weighted by molar-refractivity contribution is -0.159. The number of para-hydroxylation sites is 1. The maximum Gasteiger partial charge on any atom is 0.315 e. The molecule has 124 valence electrons. The normalized spacial score (nSPS) is 29.4. The second-order valence-electron chi connectivity index (χ2n) is 7.17. The number of hydrogen-bond acceptors (Lipinski definition) is 4. The first-order chi connectivity index (χ1) is 11.0. The fourth-order valence-corrected chi connectivity index (χ4v) is 4.85. The molecule has 4 heteroatoms. The number of hydrogen-bond donors (Lipinski definition) is 0. The molecule has 0 N–H and O–H groups in total. The number of fused-ring (bicyclic) bond motifs is 1. The van der Waals surface area contributed by atoms with E-state index in [0.29, 0.717) is 11.8 Å². The number of esters is 1. The van der Waals surface area contributed by atoms with Gasteiger partial charge in [0.2, 0.25) is 0 Å². The lowest BCUT2D eigenvalue weighted by atomic mass is 9.75. The Kier molecular flexibility index (Phi) is 4.72. The Morgan fingerprint density at radius 1 is 1.22 bits per heavy atom. The van der Waals surface area contributed by atoms with Gasteiger partial charge in [0.05, 0.1) is 10.2 Å². The summed E-state index contributed by atoms with van der Waals surface area (Å²) in [5.74, 6) is 1.14. The highest BCUT2D eigenvalue weighted by Crippen LogP contribution is 2.36. The molecule has 1 aliphatic rings. The molecule has 0 bridgehead atoms. The third kappa shape index (κ3) is 3.42. The van der Waals surface area contributed by atoms with E-state index in [0.717, 1.165) is 34.0 Å². The molecular weight excluding hydrogens is 306 g/mol. The highest BCUT2D eigenvalue weighted by Gasteiger charge is 2.35. The first kappa shape index (κ1) is 16.4. The molecule has 0 saturated heterocycles. The third-order valence-corrected chi connectivity index (χ3v) is 6.18. The second-order valence-corrected chi connectivity index (χ2v) is 8.24. The zero-order valence-electron chi connectivity index (χ0n) is 14.3. The van der Waals surface area contributed by atoms with Crippen molar-refractivity contribution in [3.05, 3.63) is 29.3 Å². The van der Waals surface area contributed by atoms with Gasteiger partial charge in [-0.05, 0) is 49.7 Å². The van der Waals surface area contributed by atoms with Crippen LogP contribution < -0.4 is 0 Å². The molecule has 23 heavy (non-hydrogen) atoms. The average Bonchev–Trinajstić information content (AvgIpc) is 2.93. The Bertz CT molecular complexity index is 650. The average molecular weight is 331 g/mol. The molecule has 1 fully saturated rings. The van der Waals surface area contributed by atoms with E-state index in [-0.39, 0.29) is 18.0 Å². The molecule has 1 aromatic carbocycles. The van der Waals surface area contributed by atoms with Crippen molar-refractivity contribution >= 4 is 27.5 Å². The van der Waals surface area contributed by atoms with E-state index in [1.54, 1.807) is 11.3 Å². The third-order valence-electron chi connectivity index (χ3n) is 4.96. The molecule has 0 aliphatic heterocycles. The molecule has 1 saturated carbocycles. The lowest BCUT2D eigenvalue weighted by Crippen LogP contribution is -2.38. The van der Waals surface area contributed by atoms with Crippen LogP contribution >= 0.6 is 11.3 Å². The van der Waals surface area contributed by atoms with Gasteiger partial charge in [0, 0.05) is 0 Å². The Labute approximate surface area is 142 Å². The fraction of sp³-hybridized carbons (Fsp3) is 0.579. The van der Waals surface area contributed by atoms with Crippen LogP contribution in [0.1, 0.15) is 51.5 Å². The van der Waals surface area contributed by atoms with Gasteiger partial charge >= 0.3 is 5.97 Å². The second kappa shape index (κ2) is 6.60. The SMILES string of the molecule is CC1CC(C)C(OC(=O)C(C)c2nc3ccccc3s2)C(C)C1. The highest BCUT2D eigenvalue weighted by molar-refractivity contribution is 7.18. The molecule has 2 aromatic rings. The predicted molar refractivity (Wildman–Crippen MR) is 94.6 cm³/mol. The van der Waals surface area contributed by atoms with Crippen molar-refractivity contribution in [2.45, 2.75) is 52.6 Å². The van der Waals surface area contributed by atoms with Gasteiger partial charge in [-0.1, -0.05) is 32.9 Å². The van der Waals surface area contributed by atoms with E-state index in [2.05, 4.69) is 25.8 Å². The standard InChI is InChI=1S/C19H25NO2S/c1-11-9-12(2)17(13(3)10-11)22-19(21)14(4)18-20-15-7-5-6-8-16(15)23-18/h5-8,11-14,17H,9-10H2,1-4H3. The van der Waals surface area contributed by atoms with Crippen LogP contribution in [0.2, 0.25) is 0 Å². The molecule has 3 unspecified atom stereocenters. The van der Waals surface area contributed by atoms with Crippen molar-refractivity contribution in [1.29, 1.82) is 0 Å². The largest absolute Gasteiger partial charge is 0.461 e. The molecule has 3 rings (SSSR count). The Balaban J connectivity index is 1.72. The lowest BCUT2D eigenvalue weighted by Gasteiger charge is -2.37. The van der Waals surface area contributed by atoms with Gasteiger partial charge in [0.15, 0.2) is 0 Å². The van der Waals surface area contributed by atoms with Crippen molar-refractivity contribution in [3.63, 3.8) is 0 Å². The number of carbonyl (C=O) groups excluding carboxylic acids is 1. The smallest absolute Gasteiger partial charge is 0.315 e. The molecule has 3 nitrogen and oxygen atoms in total. The number of ether oxygens (including phenoxy) is 1. The monoisotopic (exact) mass is 331 g/mol. The van der Waals surface area contributed by atoms with Gasteiger partial charge in [-0.15, -0.1) is 11.3 Å². The van der Waals surface area contributed by atoms with Crippen molar-refractivity contribution in [1.82, 2.24) is 4.98 Å². The number of benzene rings is 1. The van der Waals surface area contributed by atoms with Gasteiger partial charge in [-0.2, -0.15) is 0 Å². The van der Waals surface area contributed by atoms with Crippen LogP contribution in [0.25, 0.3) is 10.2 Å². The summed E-state index contributed by atoms with van der Waals surface area (Å²) in [6, 6.07) is 8.00. The summed E-state index contributed by atoms with van der Waals surface area (Å²) in [7, 11) is 0. The quantitative estimate of drug-likeness (QED) is 0.742. The van der Waals surface area contributed by atoms with Gasteiger partial charge in [0.25, 0.3) is 0 Å². The summed E-state index contributed by atoms with van der Waals surface area (Å²) < 4.78 is 7.02. The summed E-state index contributed by atoms with van der Waals surface area (Å²) in [6.07, 6.45) is 2.31. The summed E-state index contributed by atoms with van der Waals surface area (Å²) in [6.45, 7) is 8.59. The maximum atomic E-state index is 12.6. The number of carbonyl (C=O) groups is 1. The summed E-state index contributed by atoms with van der Waals surface area (Å²) in [5.41, 5.74) is 0.959. The summed E-state index contributed by atoms with van der Waals surface area (Å²) in [5, 5.41) is 0.848. The van der Waals surface area contributed by atoms with Gasteiger partial charge in [-0.25, -0.2) is 4.98 Å². The number of aromatic nitrogens is 1. The molecule has 1 aromatic heterocycles. The van der Waals surface area contributed by atoms with E-state index >= 15 is 0 Å². The van der Waals surface area contributed by atoms with E-state index in [4.69, 9.17) is 4.74 Å². The Morgan fingerprint density at radius 2 is 1.87 bits per heavy atom. The van der Waals surface area contributed by atoms with E-state index in [9.17, 15) is 4.79 Å². The van der Waals surface area contributed by atoms with Crippen LogP contribution in [-0.2, 0) is 9.53 Å². The number of rotatable bonds is 3. The first-order valence-corrected chi connectivity index (χ1v) is 9.33. The maximum absolute atomic E-state index is 12.6. The van der Waals surface area contributed by atoms with Gasteiger partial charge in [0.1, 0.15) is 17.0 Å². The number of nitrogens with zero attached hydrogens (tertiary/aromatic N) is 1. The molecule has 3 atom stereocenters. The minimum atomic E-state index is -0.300. The molecular formula is C19H25NO2S. The molecule has 1 aliphatic carbocycles. The molecule has 0 radical (unpaired) electrons. The van der Waals surface area contributed by atoms with Gasteiger partial charge in [-0.3, -0.25) is 4.79 Å². The first-order valence-electron chi connectivity index (χ1n) is 8.51. The predicted octanol–water partition coefficient (Wildman–Crippen LogP) is 5.01. The van der Waals surface area contributed by atoms with Crippen molar-refractivity contribution in [2.24, 2.45) is 17.8 Å². The fourth-order valence-electron chi connectivity index (χ4n) is 3.84. The van der Waals surface area contributed by atoms with Crippen LogP contribution in [0.15, 0.2) is 24.3 Å².